The first kappa shape index (κ1) is 17.4. The number of nitrogens with one attached hydrogen (secondary N) is 1. The van der Waals surface area contributed by atoms with E-state index in [0.717, 1.165) is 44.9 Å². The van der Waals surface area contributed by atoms with E-state index in [-0.39, 0.29) is 12.0 Å². The van der Waals surface area contributed by atoms with E-state index in [1.54, 1.807) is 6.26 Å². The second-order valence-electron chi connectivity index (χ2n) is 7.26. The van der Waals surface area contributed by atoms with Crippen LogP contribution in [-0.2, 0) is 16.0 Å². The van der Waals surface area contributed by atoms with Crippen molar-refractivity contribution in [2.75, 3.05) is 45.9 Å². The molecule has 3 aliphatic heterocycles. The molecule has 3 aliphatic rings. The Morgan fingerprint density at radius 3 is 2.81 bits per heavy atom. The SMILES string of the molecule is O=C1NC[C@]2(CCCN(C(=O)c3coc(CN4CCOCC4)c3)CC2)O1. The molecule has 8 heteroatoms. The Morgan fingerprint density at radius 1 is 1.19 bits per heavy atom. The van der Waals surface area contributed by atoms with E-state index in [4.69, 9.17) is 13.9 Å². The number of hydrogen-bond acceptors (Lipinski definition) is 6. The van der Waals surface area contributed by atoms with Gasteiger partial charge in [0.15, 0.2) is 0 Å². The zero-order valence-corrected chi connectivity index (χ0v) is 14.9. The lowest BCUT2D eigenvalue weighted by molar-refractivity contribution is 0.0313. The van der Waals surface area contributed by atoms with E-state index >= 15 is 0 Å². The predicted molar refractivity (Wildman–Crippen MR) is 91.8 cm³/mol. The van der Waals surface area contributed by atoms with E-state index in [0.29, 0.717) is 38.2 Å². The van der Waals surface area contributed by atoms with Gasteiger partial charge in [0.2, 0.25) is 0 Å². The number of likely N-dealkylation sites (tertiary alicyclic amines) is 1. The molecule has 1 spiro atoms. The van der Waals surface area contributed by atoms with E-state index in [1.165, 1.54) is 0 Å². The number of morpholine rings is 1. The number of hydrogen-bond donors (Lipinski definition) is 1. The number of alkyl carbamates (subject to hydrolysis) is 1. The van der Waals surface area contributed by atoms with Gasteiger partial charge in [-0.25, -0.2) is 4.79 Å². The van der Waals surface area contributed by atoms with Crippen molar-refractivity contribution in [2.45, 2.75) is 31.4 Å². The maximum Gasteiger partial charge on any atom is 0.407 e. The van der Waals surface area contributed by atoms with E-state index in [1.807, 2.05) is 11.0 Å². The Morgan fingerprint density at radius 2 is 2.04 bits per heavy atom. The fraction of sp³-hybridized carbons (Fsp3) is 0.667. The summed E-state index contributed by atoms with van der Waals surface area (Å²) >= 11 is 0. The van der Waals surface area contributed by atoms with Gasteiger partial charge in [0.1, 0.15) is 17.6 Å². The molecule has 1 aromatic heterocycles. The van der Waals surface area contributed by atoms with E-state index in [9.17, 15) is 9.59 Å². The number of carbonyl (C=O) groups is 2. The first-order valence-electron chi connectivity index (χ1n) is 9.27. The van der Waals surface area contributed by atoms with Gasteiger partial charge in [-0.2, -0.15) is 0 Å². The normalized spacial score (nSPS) is 27.2. The summed E-state index contributed by atoms with van der Waals surface area (Å²) in [7, 11) is 0. The highest BCUT2D eigenvalue weighted by Gasteiger charge is 2.42. The first-order valence-corrected chi connectivity index (χ1v) is 9.27. The van der Waals surface area contributed by atoms with Gasteiger partial charge in [-0.1, -0.05) is 0 Å². The maximum atomic E-state index is 12.8. The van der Waals surface area contributed by atoms with E-state index < -0.39 is 5.60 Å². The van der Waals surface area contributed by atoms with Crippen LogP contribution < -0.4 is 5.32 Å². The highest BCUT2D eigenvalue weighted by Crippen LogP contribution is 2.30. The molecule has 4 rings (SSSR count). The molecule has 1 N–H and O–H groups in total. The molecule has 3 saturated heterocycles. The summed E-state index contributed by atoms with van der Waals surface area (Å²) in [6, 6.07) is 1.84. The Bertz CT molecular complexity index is 670. The van der Waals surface area contributed by atoms with Gasteiger partial charge in [0.05, 0.1) is 31.9 Å². The van der Waals surface area contributed by atoms with Crippen LogP contribution in [0.4, 0.5) is 4.79 Å². The van der Waals surface area contributed by atoms with Gasteiger partial charge in [0.25, 0.3) is 5.91 Å². The van der Waals surface area contributed by atoms with Crippen molar-refractivity contribution in [3.8, 4) is 0 Å². The van der Waals surface area contributed by atoms with Crippen LogP contribution in [0.2, 0.25) is 0 Å². The summed E-state index contributed by atoms with van der Waals surface area (Å²) in [5, 5.41) is 2.73. The molecule has 3 fully saturated rings. The standard InChI is InChI=1S/C18H25N3O5/c22-16(14-10-15(25-12-14)11-20-6-8-24-9-7-20)21-4-1-2-18(3-5-21)13-19-17(23)26-18/h10,12H,1-9,11,13H2,(H,19,23)/t18-/m1/s1. The van der Waals surface area contributed by atoms with Crippen LogP contribution in [0.3, 0.4) is 0 Å². The second kappa shape index (κ2) is 7.28. The fourth-order valence-corrected chi connectivity index (χ4v) is 3.89. The third-order valence-electron chi connectivity index (χ3n) is 5.43. The zero-order valence-electron chi connectivity index (χ0n) is 14.9. The Balaban J connectivity index is 1.36. The van der Waals surface area contributed by atoms with Crippen LogP contribution in [0.25, 0.3) is 0 Å². The number of rotatable bonds is 3. The minimum Gasteiger partial charge on any atom is -0.467 e. The molecule has 1 aromatic rings. The van der Waals surface area contributed by atoms with Gasteiger partial charge >= 0.3 is 6.09 Å². The predicted octanol–water partition coefficient (Wildman–Crippen LogP) is 1.22. The first-order chi connectivity index (χ1) is 12.6. The van der Waals surface area contributed by atoms with Crippen molar-refractivity contribution in [2.24, 2.45) is 0 Å². The number of ether oxygens (including phenoxy) is 2. The van der Waals surface area contributed by atoms with Crippen LogP contribution in [0, 0.1) is 0 Å². The monoisotopic (exact) mass is 363 g/mol. The lowest BCUT2D eigenvalue weighted by Crippen LogP contribution is -2.36. The zero-order chi connectivity index (χ0) is 18.0. The topological polar surface area (TPSA) is 84.3 Å². The van der Waals surface area contributed by atoms with Crippen LogP contribution in [0.15, 0.2) is 16.7 Å². The molecule has 0 aromatic carbocycles. The van der Waals surface area contributed by atoms with Crippen molar-refractivity contribution < 1.29 is 23.5 Å². The second-order valence-corrected chi connectivity index (χ2v) is 7.26. The molecule has 142 valence electrons. The highest BCUT2D eigenvalue weighted by molar-refractivity contribution is 5.94. The molecular weight excluding hydrogens is 338 g/mol. The molecule has 0 radical (unpaired) electrons. The number of carbonyl (C=O) groups excluding carboxylic acids is 2. The number of furan rings is 1. The highest BCUT2D eigenvalue weighted by atomic mass is 16.6. The third kappa shape index (κ3) is 3.71. The third-order valence-corrected chi connectivity index (χ3v) is 5.43. The van der Waals surface area contributed by atoms with Crippen molar-refractivity contribution in [1.29, 1.82) is 0 Å². The largest absolute Gasteiger partial charge is 0.467 e. The molecule has 26 heavy (non-hydrogen) atoms. The summed E-state index contributed by atoms with van der Waals surface area (Å²) < 4.78 is 16.4. The molecule has 0 bridgehead atoms. The van der Waals surface area contributed by atoms with Crippen LogP contribution >= 0.6 is 0 Å². The number of nitrogens with zero attached hydrogens (tertiary/aromatic N) is 2. The maximum absolute atomic E-state index is 12.8. The van der Waals surface area contributed by atoms with Gasteiger partial charge in [-0.15, -0.1) is 0 Å². The number of amides is 2. The minimum absolute atomic E-state index is 0.0173. The summed E-state index contributed by atoms with van der Waals surface area (Å²) in [5.41, 5.74) is 0.134. The average molecular weight is 363 g/mol. The van der Waals surface area contributed by atoms with Crippen molar-refractivity contribution in [3.63, 3.8) is 0 Å². The Labute approximate surface area is 152 Å². The molecule has 1 atom stereocenters. The van der Waals surface area contributed by atoms with Gasteiger partial charge < -0.3 is 24.1 Å². The summed E-state index contributed by atoms with van der Waals surface area (Å²) in [5.74, 6) is 0.784. The molecule has 0 aliphatic carbocycles. The fourth-order valence-electron chi connectivity index (χ4n) is 3.89. The molecule has 8 nitrogen and oxygen atoms in total. The summed E-state index contributed by atoms with van der Waals surface area (Å²) in [6.45, 7) is 5.71. The van der Waals surface area contributed by atoms with E-state index in [2.05, 4.69) is 10.2 Å². The van der Waals surface area contributed by atoms with Crippen molar-refractivity contribution >= 4 is 12.0 Å². The molecular formula is C18H25N3O5. The van der Waals surface area contributed by atoms with Gasteiger partial charge in [-0.05, 0) is 18.9 Å². The van der Waals surface area contributed by atoms with Crippen LogP contribution in [-0.4, -0.2) is 73.3 Å². The van der Waals surface area contributed by atoms with Crippen LogP contribution in [0.5, 0.6) is 0 Å². The molecule has 2 amide bonds. The molecule has 4 heterocycles. The van der Waals surface area contributed by atoms with Crippen LogP contribution in [0.1, 0.15) is 35.4 Å². The minimum atomic E-state index is -0.454. The summed E-state index contributed by atoms with van der Waals surface area (Å²) in [6.07, 6.45) is 3.46. The molecule has 0 unspecified atom stereocenters. The lowest BCUT2D eigenvalue weighted by Gasteiger charge is -2.25. The quantitative estimate of drug-likeness (QED) is 0.869. The van der Waals surface area contributed by atoms with Crippen molar-refractivity contribution in [3.05, 3.63) is 23.7 Å². The average Bonchev–Trinajstić information content (AvgIpc) is 3.19. The lowest BCUT2D eigenvalue weighted by atomic mass is 9.95. The summed E-state index contributed by atoms with van der Waals surface area (Å²) in [4.78, 5) is 28.3. The Hall–Kier alpha value is -2.06. The van der Waals surface area contributed by atoms with Gasteiger partial charge in [-0.3, -0.25) is 9.69 Å². The van der Waals surface area contributed by atoms with Gasteiger partial charge in [0, 0.05) is 32.6 Å². The Kier molecular flexibility index (Phi) is 4.86. The molecule has 0 saturated carbocycles. The van der Waals surface area contributed by atoms with Crippen molar-refractivity contribution in [1.82, 2.24) is 15.1 Å². The smallest absolute Gasteiger partial charge is 0.407 e.